The molecule has 0 radical (unpaired) electrons. The zero-order valence-corrected chi connectivity index (χ0v) is 20.8. The first-order chi connectivity index (χ1) is 15.5. The largest absolute Gasteiger partial charge is 0.391 e. The number of aliphatic hydroxyl groups is 1. The van der Waals surface area contributed by atoms with Gasteiger partial charge < -0.3 is 20.6 Å². The van der Waals surface area contributed by atoms with Gasteiger partial charge in [0.05, 0.1) is 22.2 Å². The highest BCUT2D eigenvalue weighted by atomic mass is 32.1. The van der Waals surface area contributed by atoms with Crippen molar-refractivity contribution in [3.63, 3.8) is 0 Å². The van der Waals surface area contributed by atoms with Crippen molar-refractivity contribution in [2.45, 2.75) is 65.8 Å². The lowest BCUT2D eigenvalue weighted by molar-refractivity contribution is -0.142. The van der Waals surface area contributed by atoms with Crippen molar-refractivity contribution in [1.29, 1.82) is 0 Å². The third kappa shape index (κ3) is 6.00. The van der Waals surface area contributed by atoms with Crippen LogP contribution in [0.1, 0.15) is 45.4 Å². The van der Waals surface area contributed by atoms with Crippen LogP contribution in [0.5, 0.6) is 0 Å². The summed E-state index contributed by atoms with van der Waals surface area (Å²) in [6.07, 6.45) is -0.498. The number of aliphatic hydroxyl groups excluding tert-OH is 1. The van der Waals surface area contributed by atoms with Crippen LogP contribution in [0.4, 0.5) is 0 Å². The molecular weight excluding hydrogens is 436 g/mol. The van der Waals surface area contributed by atoms with Gasteiger partial charge in [0.1, 0.15) is 12.1 Å². The molecule has 7 nitrogen and oxygen atoms in total. The van der Waals surface area contributed by atoms with Gasteiger partial charge in [-0.3, -0.25) is 9.59 Å². The van der Waals surface area contributed by atoms with E-state index in [2.05, 4.69) is 22.2 Å². The van der Waals surface area contributed by atoms with E-state index in [9.17, 15) is 14.7 Å². The first-order valence-electron chi connectivity index (χ1n) is 11.1. The van der Waals surface area contributed by atoms with Crippen LogP contribution in [0.2, 0.25) is 0 Å². The van der Waals surface area contributed by atoms with Crippen molar-refractivity contribution < 1.29 is 14.7 Å². The number of amides is 2. The molecule has 1 unspecified atom stereocenters. The molecular formula is C25H34N4O3S. The zero-order chi connectivity index (χ0) is 24.3. The summed E-state index contributed by atoms with van der Waals surface area (Å²) in [4.78, 5) is 33.3. The number of rotatable bonds is 7. The second-order valence-corrected chi connectivity index (χ2v) is 10.7. The lowest BCUT2D eigenvalue weighted by Crippen LogP contribution is -2.56. The Labute approximate surface area is 199 Å². The van der Waals surface area contributed by atoms with Gasteiger partial charge in [0.2, 0.25) is 11.8 Å². The maximum Gasteiger partial charge on any atom is 0.246 e. The van der Waals surface area contributed by atoms with Crippen molar-refractivity contribution in [2.75, 3.05) is 6.54 Å². The first kappa shape index (κ1) is 24.9. The minimum atomic E-state index is -0.725. The van der Waals surface area contributed by atoms with E-state index in [1.165, 1.54) is 4.90 Å². The molecule has 1 fully saturated rings. The monoisotopic (exact) mass is 470 g/mol. The fourth-order valence-electron chi connectivity index (χ4n) is 4.03. The number of nitrogens with zero attached hydrogens (tertiary/aromatic N) is 2. The Bertz CT molecular complexity index is 1010. The Hall–Kier alpha value is -2.71. The van der Waals surface area contributed by atoms with Crippen LogP contribution >= 0.6 is 11.3 Å². The van der Waals surface area contributed by atoms with E-state index in [-0.39, 0.29) is 30.2 Å². The Morgan fingerprint density at radius 2 is 1.97 bits per heavy atom. The number of likely N-dealkylation sites (tertiary alicyclic amines) is 1. The Balaban J connectivity index is 1.67. The maximum absolute atomic E-state index is 13.4. The lowest BCUT2D eigenvalue weighted by Gasteiger charge is -2.36. The normalized spacial score (nSPS) is 19.3. The highest BCUT2D eigenvalue weighted by molar-refractivity contribution is 7.13. The molecule has 2 amide bonds. The SMILES string of the molecule is C=C(C)NC(C(=O)N1C[C@H](O)C[C@H]1C(=O)NCc1ccc(-c2scnc2C)cc1)C(C)(C)C. The Morgan fingerprint density at radius 3 is 2.52 bits per heavy atom. The second-order valence-electron chi connectivity index (χ2n) is 9.80. The average Bonchev–Trinajstić information content (AvgIpc) is 3.35. The molecule has 3 N–H and O–H groups in total. The number of thiazole rings is 1. The van der Waals surface area contributed by atoms with E-state index in [0.29, 0.717) is 12.2 Å². The molecule has 3 rings (SSSR count). The molecule has 2 heterocycles. The maximum atomic E-state index is 13.4. The van der Waals surface area contributed by atoms with Crippen molar-refractivity contribution in [1.82, 2.24) is 20.5 Å². The number of benzene rings is 1. The second kappa shape index (κ2) is 10.1. The van der Waals surface area contributed by atoms with E-state index in [1.807, 2.05) is 57.5 Å². The molecule has 33 heavy (non-hydrogen) atoms. The van der Waals surface area contributed by atoms with Crippen LogP contribution in [-0.4, -0.2) is 51.5 Å². The number of aryl methyl sites for hydroxylation is 1. The summed E-state index contributed by atoms with van der Waals surface area (Å²) in [5.74, 6) is -0.461. The number of hydrogen-bond acceptors (Lipinski definition) is 6. The van der Waals surface area contributed by atoms with Gasteiger partial charge in [0.15, 0.2) is 0 Å². The van der Waals surface area contributed by atoms with E-state index < -0.39 is 18.2 Å². The van der Waals surface area contributed by atoms with Gasteiger partial charge >= 0.3 is 0 Å². The van der Waals surface area contributed by atoms with E-state index in [4.69, 9.17) is 0 Å². The minimum absolute atomic E-state index is 0.143. The first-order valence-corrected chi connectivity index (χ1v) is 12.0. The van der Waals surface area contributed by atoms with Crippen LogP contribution in [0.25, 0.3) is 10.4 Å². The quantitative estimate of drug-likeness (QED) is 0.578. The third-order valence-electron chi connectivity index (χ3n) is 5.80. The summed E-state index contributed by atoms with van der Waals surface area (Å²) in [6, 6.07) is 6.76. The molecule has 3 atom stereocenters. The molecule has 1 aliphatic heterocycles. The molecule has 0 aliphatic carbocycles. The summed E-state index contributed by atoms with van der Waals surface area (Å²) in [5, 5.41) is 16.3. The fraction of sp³-hybridized carbons (Fsp3) is 0.480. The molecule has 1 saturated heterocycles. The highest BCUT2D eigenvalue weighted by Crippen LogP contribution is 2.28. The molecule has 1 aromatic heterocycles. The fourth-order valence-corrected chi connectivity index (χ4v) is 4.84. The number of carbonyl (C=O) groups excluding carboxylic acids is 2. The standard InChI is InChI=1S/C25H34N4O3S/c1-15(2)28-22(25(4,5)6)24(32)29-13-19(30)11-20(29)23(31)26-12-17-7-9-18(10-8-17)21-16(3)27-14-33-21/h7-10,14,19-20,22,28,30H,1,11-13H2,2-6H3,(H,26,31)/t19-,20+,22?/m1/s1. The zero-order valence-electron chi connectivity index (χ0n) is 20.0. The van der Waals surface area contributed by atoms with Crippen LogP contribution in [-0.2, 0) is 16.1 Å². The summed E-state index contributed by atoms with van der Waals surface area (Å²) in [5.41, 5.74) is 5.18. The molecule has 1 aliphatic rings. The predicted molar refractivity (Wildman–Crippen MR) is 131 cm³/mol. The molecule has 1 aromatic carbocycles. The molecule has 8 heteroatoms. The van der Waals surface area contributed by atoms with E-state index in [0.717, 1.165) is 21.7 Å². The topological polar surface area (TPSA) is 94.6 Å². The van der Waals surface area contributed by atoms with E-state index in [1.54, 1.807) is 18.3 Å². The number of β-amino-alcohol motifs (C(OH)–C–C–N with tert-alkyl or cyclic N) is 1. The summed E-state index contributed by atoms with van der Waals surface area (Å²) < 4.78 is 0. The smallest absolute Gasteiger partial charge is 0.246 e. The van der Waals surface area contributed by atoms with Crippen LogP contribution in [0.3, 0.4) is 0 Å². The van der Waals surface area contributed by atoms with Crippen molar-refractivity contribution in [3.05, 3.63) is 53.3 Å². The van der Waals surface area contributed by atoms with Crippen molar-refractivity contribution in [2.24, 2.45) is 5.41 Å². The summed E-state index contributed by atoms with van der Waals surface area (Å²) in [6.45, 7) is 14.0. The van der Waals surface area contributed by atoms with Gasteiger partial charge in [0.25, 0.3) is 0 Å². The molecule has 2 aromatic rings. The van der Waals surface area contributed by atoms with E-state index >= 15 is 0 Å². The molecule has 0 bridgehead atoms. The lowest BCUT2D eigenvalue weighted by atomic mass is 9.85. The number of aromatic nitrogens is 1. The number of nitrogens with one attached hydrogen (secondary N) is 2. The minimum Gasteiger partial charge on any atom is -0.391 e. The molecule has 0 spiro atoms. The molecule has 0 saturated carbocycles. The summed E-state index contributed by atoms with van der Waals surface area (Å²) >= 11 is 1.60. The molecule has 178 valence electrons. The van der Waals surface area contributed by atoms with Gasteiger partial charge in [0, 0.05) is 25.2 Å². The van der Waals surface area contributed by atoms with Crippen LogP contribution in [0, 0.1) is 12.3 Å². The van der Waals surface area contributed by atoms with Gasteiger partial charge in [-0.05, 0) is 30.4 Å². The Morgan fingerprint density at radius 1 is 1.30 bits per heavy atom. The van der Waals surface area contributed by atoms with Gasteiger partial charge in [-0.1, -0.05) is 51.6 Å². The number of allylic oxidation sites excluding steroid dienone is 1. The predicted octanol–water partition coefficient (Wildman–Crippen LogP) is 3.23. The van der Waals surface area contributed by atoms with Gasteiger partial charge in [-0.2, -0.15) is 0 Å². The van der Waals surface area contributed by atoms with Gasteiger partial charge in [-0.25, -0.2) is 4.98 Å². The Kier molecular flexibility index (Phi) is 7.59. The highest BCUT2D eigenvalue weighted by Gasteiger charge is 2.43. The number of carbonyl (C=O) groups is 2. The van der Waals surface area contributed by atoms with Crippen molar-refractivity contribution in [3.8, 4) is 10.4 Å². The number of hydrogen-bond donors (Lipinski definition) is 3. The average molecular weight is 471 g/mol. The van der Waals surface area contributed by atoms with Crippen LogP contribution < -0.4 is 10.6 Å². The van der Waals surface area contributed by atoms with Crippen molar-refractivity contribution >= 4 is 23.2 Å². The summed E-state index contributed by atoms with van der Waals surface area (Å²) in [7, 11) is 0. The van der Waals surface area contributed by atoms with Crippen LogP contribution in [0.15, 0.2) is 42.1 Å². The third-order valence-corrected chi connectivity index (χ3v) is 6.77. The van der Waals surface area contributed by atoms with Gasteiger partial charge in [-0.15, -0.1) is 11.3 Å².